The van der Waals surface area contributed by atoms with Crippen LogP contribution in [-0.2, 0) is 16.6 Å². The van der Waals surface area contributed by atoms with E-state index < -0.39 is 10.0 Å². The summed E-state index contributed by atoms with van der Waals surface area (Å²) in [5.41, 5.74) is 0. The molecule has 0 bridgehead atoms. The first-order valence-corrected chi connectivity index (χ1v) is 8.86. The molecule has 0 unspecified atom stereocenters. The van der Waals surface area contributed by atoms with E-state index in [1.54, 1.807) is 21.7 Å². The van der Waals surface area contributed by atoms with Crippen LogP contribution in [0.3, 0.4) is 0 Å². The van der Waals surface area contributed by atoms with Crippen molar-refractivity contribution in [2.24, 2.45) is 0 Å². The van der Waals surface area contributed by atoms with Gasteiger partial charge in [-0.15, -0.1) is 11.3 Å². The summed E-state index contributed by atoms with van der Waals surface area (Å²) in [6.45, 7) is 8.99. The lowest BCUT2D eigenvalue weighted by Gasteiger charge is -2.25. The standard InChI is InChI=1S/C13H24N2O2S2/c1-6-7-15(10(2)3)19(16,17)13-8-12(9-14-5)18-11(13)4/h8,10,14H,6-7,9H2,1-5H3. The first-order chi connectivity index (χ1) is 8.84. The molecule has 1 aromatic heterocycles. The molecule has 0 saturated carbocycles. The highest BCUT2D eigenvalue weighted by Crippen LogP contribution is 2.29. The summed E-state index contributed by atoms with van der Waals surface area (Å²) in [7, 11) is -1.51. The van der Waals surface area contributed by atoms with Crippen molar-refractivity contribution < 1.29 is 8.42 Å². The van der Waals surface area contributed by atoms with E-state index in [4.69, 9.17) is 0 Å². The smallest absolute Gasteiger partial charge is 0.244 e. The lowest BCUT2D eigenvalue weighted by Crippen LogP contribution is -2.37. The van der Waals surface area contributed by atoms with Crippen LogP contribution in [0.1, 0.15) is 36.9 Å². The highest BCUT2D eigenvalue weighted by Gasteiger charge is 2.29. The predicted octanol–water partition coefficient (Wildman–Crippen LogP) is 2.59. The lowest BCUT2D eigenvalue weighted by atomic mass is 10.4. The Hall–Kier alpha value is -0.430. The van der Waals surface area contributed by atoms with E-state index in [2.05, 4.69) is 5.32 Å². The van der Waals surface area contributed by atoms with Gasteiger partial charge in [-0.3, -0.25) is 0 Å². The normalized spacial score (nSPS) is 12.6. The lowest BCUT2D eigenvalue weighted by molar-refractivity contribution is 0.354. The Morgan fingerprint density at radius 3 is 2.53 bits per heavy atom. The molecule has 110 valence electrons. The Bertz CT molecular complexity index is 507. The van der Waals surface area contributed by atoms with Crippen LogP contribution < -0.4 is 5.32 Å². The Labute approximate surface area is 120 Å². The summed E-state index contributed by atoms with van der Waals surface area (Å²) in [5, 5.41) is 3.06. The zero-order valence-electron chi connectivity index (χ0n) is 12.4. The van der Waals surface area contributed by atoms with Crippen LogP contribution in [0.25, 0.3) is 0 Å². The highest BCUT2D eigenvalue weighted by atomic mass is 32.2. The fourth-order valence-electron chi connectivity index (χ4n) is 2.04. The van der Waals surface area contributed by atoms with Gasteiger partial charge in [0.1, 0.15) is 0 Å². The number of hydrogen-bond acceptors (Lipinski definition) is 4. The van der Waals surface area contributed by atoms with Crippen molar-refractivity contribution in [3.63, 3.8) is 0 Å². The van der Waals surface area contributed by atoms with Gasteiger partial charge in [-0.25, -0.2) is 8.42 Å². The molecule has 1 rings (SSSR count). The third-order valence-electron chi connectivity index (χ3n) is 2.88. The van der Waals surface area contributed by atoms with E-state index in [1.165, 1.54) is 0 Å². The molecule has 0 aliphatic heterocycles. The van der Waals surface area contributed by atoms with E-state index in [0.717, 1.165) is 16.2 Å². The molecule has 1 aromatic rings. The maximum atomic E-state index is 12.7. The number of nitrogens with zero attached hydrogens (tertiary/aromatic N) is 1. The van der Waals surface area contributed by atoms with Gasteiger partial charge in [-0.05, 0) is 40.3 Å². The molecule has 0 spiro atoms. The molecule has 1 heterocycles. The molecular weight excluding hydrogens is 280 g/mol. The second-order valence-corrected chi connectivity index (χ2v) is 8.07. The van der Waals surface area contributed by atoms with Crippen LogP contribution in [0.15, 0.2) is 11.0 Å². The maximum Gasteiger partial charge on any atom is 0.244 e. The fourth-order valence-corrected chi connectivity index (χ4v) is 5.39. The molecule has 0 aliphatic rings. The summed E-state index contributed by atoms with van der Waals surface area (Å²) < 4.78 is 27.0. The number of nitrogens with one attached hydrogen (secondary N) is 1. The van der Waals surface area contributed by atoms with Crippen LogP contribution >= 0.6 is 11.3 Å². The van der Waals surface area contributed by atoms with Crippen molar-refractivity contribution in [2.45, 2.75) is 51.6 Å². The van der Waals surface area contributed by atoms with Crippen molar-refractivity contribution >= 4 is 21.4 Å². The van der Waals surface area contributed by atoms with Gasteiger partial charge in [-0.2, -0.15) is 4.31 Å². The number of sulfonamides is 1. The van der Waals surface area contributed by atoms with Gasteiger partial charge in [0.15, 0.2) is 0 Å². The summed E-state index contributed by atoms with van der Waals surface area (Å²) in [6, 6.07) is 1.79. The molecule has 0 atom stereocenters. The van der Waals surface area contributed by atoms with Crippen LogP contribution in [0.2, 0.25) is 0 Å². The number of thiophene rings is 1. The Morgan fingerprint density at radius 1 is 1.42 bits per heavy atom. The van der Waals surface area contributed by atoms with Crippen LogP contribution in [-0.4, -0.2) is 32.4 Å². The first-order valence-electron chi connectivity index (χ1n) is 6.60. The van der Waals surface area contributed by atoms with E-state index >= 15 is 0 Å². The van der Waals surface area contributed by atoms with Gasteiger partial charge in [0, 0.05) is 28.9 Å². The average Bonchev–Trinajstić information content (AvgIpc) is 2.67. The monoisotopic (exact) mass is 304 g/mol. The third kappa shape index (κ3) is 3.78. The topological polar surface area (TPSA) is 49.4 Å². The number of aryl methyl sites for hydroxylation is 1. The Kier molecular flexibility index (Phi) is 5.98. The van der Waals surface area contributed by atoms with Crippen molar-refractivity contribution in [3.05, 3.63) is 15.8 Å². The summed E-state index contributed by atoms with van der Waals surface area (Å²) >= 11 is 1.54. The summed E-state index contributed by atoms with van der Waals surface area (Å²) in [6.07, 6.45) is 0.823. The molecule has 0 radical (unpaired) electrons. The van der Waals surface area contributed by atoms with Crippen molar-refractivity contribution in [2.75, 3.05) is 13.6 Å². The highest BCUT2D eigenvalue weighted by molar-refractivity contribution is 7.89. The molecule has 19 heavy (non-hydrogen) atoms. The molecule has 0 amide bonds. The Balaban J connectivity index is 3.17. The molecule has 1 N–H and O–H groups in total. The van der Waals surface area contributed by atoms with Gasteiger partial charge < -0.3 is 5.32 Å². The largest absolute Gasteiger partial charge is 0.315 e. The van der Waals surface area contributed by atoms with Crippen molar-refractivity contribution in [1.29, 1.82) is 0 Å². The van der Waals surface area contributed by atoms with Gasteiger partial charge in [0.05, 0.1) is 4.90 Å². The fraction of sp³-hybridized carbons (Fsp3) is 0.692. The predicted molar refractivity (Wildman–Crippen MR) is 81.1 cm³/mol. The minimum absolute atomic E-state index is 0.0167. The second kappa shape index (κ2) is 6.83. The van der Waals surface area contributed by atoms with Crippen LogP contribution in [0.5, 0.6) is 0 Å². The molecule has 4 nitrogen and oxygen atoms in total. The van der Waals surface area contributed by atoms with Crippen LogP contribution in [0, 0.1) is 6.92 Å². The summed E-state index contributed by atoms with van der Waals surface area (Å²) in [4.78, 5) is 2.38. The van der Waals surface area contributed by atoms with Gasteiger partial charge in [0.2, 0.25) is 10.0 Å². The molecule has 6 heteroatoms. The minimum atomic E-state index is -3.37. The Morgan fingerprint density at radius 2 is 2.05 bits per heavy atom. The van der Waals surface area contributed by atoms with Crippen molar-refractivity contribution in [1.82, 2.24) is 9.62 Å². The van der Waals surface area contributed by atoms with Gasteiger partial charge in [0.25, 0.3) is 0 Å². The van der Waals surface area contributed by atoms with E-state index in [9.17, 15) is 8.42 Å². The quantitative estimate of drug-likeness (QED) is 0.842. The first kappa shape index (κ1) is 16.6. The summed E-state index contributed by atoms with van der Waals surface area (Å²) in [5.74, 6) is 0. The van der Waals surface area contributed by atoms with Gasteiger partial charge >= 0.3 is 0 Å². The van der Waals surface area contributed by atoms with E-state index in [1.807, 2.05) is 34.7 Å². The maximum absolute atomic E-state index is 12.7. The second-order valence-electron chi connectivity index (χ2n) is 4.87. The molecule has 0 aliphatic carbocycles. The molecule has 0 saturated heterocycles. The van der Waals surface area contributed by atoms with E-state index in [-0.39, 0.29) is 6.04 Å². The average molecular weight is 304 g/mol. The van der Waals surface area contributed by atoms with Crippen LogP contribution in [0.4, 0.5) is 0 Å². The minimum Gasteiger partial charge on any atom is -0.315 e. The number of hydrogen-bond donors (Lipinski definition) is 1. The van der Waals surface area contributed by atoms with Crippen molar-refractivity contribution in [3.8, 4) is 0 Å². The van der Waals surface area contributed by atoms with Gasteiger partial charge in [-0.1, -0.05) is 6.92 Å². The molecule has 0 aromatic carbocycles. The number of rotatable bonds is 7. The van der Waals surface area contributed by atoms with E-state index in [0.29, 0.717) is 18.0 Å². The zero-order valence-corrected chi connectivity index (χ0v) is 14.0. The molecular formula is C13H24N2O2S2. The molecule has 0 fully saturated rings. The zero-order chi connectivity index (χ0) is 14.6. The SMILES string of the molecule is CCCN(C(C)C)S(=O)(=O)c1cc(CNC)sc1C. The third-order valence-corrected chi connectivity index (χ3v) is 6.26.